The van der Waals surface area contributed by atoms with Gasteiger partial charge in [-0.25, -0.2) is 18.2 Å². The highest BCUT2D eigenvalue weighted by Gasteiger charge is 2.12. The van der Waals surface area contributed by atoms with Crippen LogP contribution in [0.3, 0.4) is 0 Å². The Bertz CT molecular complexity index is 796. The van der Waals surface area contributed by atoms with Gasteiger partial charge in [0, 0.05) is 17.8 Å². The Hall–Kier alpha value is -2.28. The summed E-state index contributed by atoms with van der Waals surface area (Å²) in [6.45, 7) is 0. The number of halogens is 3. The van der Waals surface area contributed by atoms with Crippen LogP contribution in [0.5, 0.6) is 5.75 Å². The van der Waals surface area contributed by atoms with Gasteiger partial charge in [0.15, 0.2) is 22.6 Å². The molecule has 0 amide bonds. The maximum absolute atomic E-state index is 13.2. The molecule has 0 unspecified atom stereocenters. The van der Waals surface area contributed by atoms with Crippen LogP contribution in [0.4, 0.5) is 24.0 Å². The molecule has 3 rings (SSSR count). The Morgan fingerprint density at radius 3 is 2.48 bits per heavy atom. The SMILES string of the molecule is COc1ccc2nc(Nc3cc(F)c(F)c(F)c3)sc2c1. The van der Waals surface area contributed by atoms with Crippen LogP contribution in [0.15, 0.2) is 30.3 Å². The third kappa shape index (κ3) is 2.64. The fraction of sp³-hybridized carbons (Fsp3) is 0.0714. The smallest absolute Gasteiger partial charge is 0.194 e. The first-order chi connectivity index (χ1) is 10.1. The fourth-order valence-electron chi connectivity index (χ4n) is 1.84. The number of rotatable bonds is 3. The quantitative estimate of drug-likeness (QED) is 0.725. The molecule has 3 aromatic rings. The molecule has 0 bridgehead atoms. The van der Waals surface area contributed by atoms with Crippen LogP contribution in [-0.4, -0.2) is 12.1 Å². The van der Waals surface area contributed by atoms with Crippen LogP contribution >= 0.6 is 11.3 Å². The van der Waals surface area contributed by atoms with Crippen molar-refractivity contribution in [3.63, 3.8) is 0 Å². The molecule has 2 aromatic carbocycles. The second-order valence-corrected chi connectivity index (χ2v) is 5.26. The summed E-state index contributed by atoms with van der Waals surface area (Å²) in [5.74, 6) is -3.30. The van der Waals surface area contributed by atoms with Gasteiger partial charge in [-0.3, -0.25) is 0 Å². The lowest BCUT2D eigenvalue weighted by molar-refractivity contribution is 0.415. The molecule has 0 spiro atoms. The second kappa shape index (κ2) is 5.25. The van der Waals surface area contributed by atoms with Crippen LogP contribution in [0.2, 0.25) is 0 Å². The Balaban J connectivity index is 1.94. The first-order valence-electron chi connectivity index (χ1n) is 5.93. The predicted molar refractivity (Wildman–Crippen MR) is 75.8 cm³/mol. The average Bonchev–Trinajstić information content (AvgIpc) is 2.85. The maximum atomic E-state index is 13.2. The lowest BCUT2D eigenvalue weighted by Gasteiger charge is -2.03. The Labute approximate surface area is 122 Å². The van der Waals surface area contributed by atoms with Crippen LogP contribution in [0, 0.1) is 17.5 Å². The minimum absolute atomic E-state index is 0.0948. The van der Waals surface area contributed by atoms with Gasteiger partial charge >= 0.3 is 0 Å². The summed E-state index contributed by atoms with van der Waals surface area (Å²) in [6, 6.07) is 7.12. The molecule has 0 saturated heterocycles. The van der Waals surface area contributed by atoms with Crippen LogP contribution < -0.4 is 10.1 Å². The first kappa shape index (κ1) is 13.7. The third-order valence-electron chi connectivity index (χ3n) is 2.83. The number of anilines is 2. The summed E-state index contributed by atoms with van der Waals surface area (Å²) >= 11 is 1.30. The molecule has 7 heteroatoms. The van der Waals surface area contributed by atoms with E-state index in [0.29, 0.717) is 10.9 Å². The van der Waals surface area contributed by atoms with Gasteiger partial charge in [0.1, 0.15) is 5.75 Å². The van der Waals surface area contributed by atoms with Crippen molar-refractivity contribution in [1.29, 1.82) is 0 Å². The minimum Gasteiger partial charge on any atom is -0.497 e. The molecule has 108 valence electrons. The minimum atomic E-state index is -1.49. The summed E-state index contributed by atoms with van der Waals surface area (Å²) in [6.07, 6.45) is 0. The van der Waals surface area contributed by atoms with Crippen molar-refractivity contribution in [3.05, 3.63) is 47.8 Å². The standard InChI is InChI=1S/C14H9F3N2OS/c1-20-8-2-3-11-12(6-8)21-14(19-11)18-7-4-9(15)13(17)10(16)5-7/h2-6H,1H3,(H,18,19). The van der Waals surface area contributed by atoms with Gasteiger partial charge in [0.2, 0.25) is 0 Å². The zero-order valence-corrected chi connectivity index (χ0v) is 11.6. The number of nitrogens with zero attached hydrogens (tertiary/aromatic N) is 1. The first-order valence-corrected chi connectivity index (χ1v) is 6.74. The largest absolute Gasteiger partial charge is 0.497 e. The lowest BCUT2D eigenvalue weighted by atomic mass is 10.3. The van der Waals surface area contributed by atoms with Gasteiger partial charge in [0.25, 0.3) is 0 Å². The monoisotopic (exact) mass is 310 g/mol. The Morgan fingerprint density at radius 1 is 1.10 bits per heavy atom. The van der Waals surface area contributed by atoms with Crippen molar-refractivity contribution in [3.8, 4) is 5.75 Å². The molecule has 1 heterocycles. The summed E-state index contributed by atoms with van der Waals surface area (Å²) in [4.78, 5) is 4.28. The van der Waals surface area contributed by atoms with E-state index in [-0.39, 0.29) is 5.69 Å². The normalized spacial score (nSPS) is 10.9. The van der Waals surface area contributed by atoms with E-state index in [9.17, 15) is 13.2 Å². The van der Waals surface area contributed by atoms with Gasteiger partial charge < -0.3 is 10.1 Å². The fourth-order valence-corrected chi connectivity index (χ4v) is 2.75. The second-order valence-electron chi connectivity index (χ2n) is 4.23. The summed E-state index contributed by atoms with van der Waals surface area (Å²) in [5.41, 5.74) is 0.823. The average molecular weight is 310 g/mol. The highest BCUT2D eigenvalue weighted by molar-refractivity contribution is 7.22. The van der Waals surface area contributed by atoms with Gasteiger partial charge in [-0.05, 0) is 18.2 Å². The van der Waals surface area contributed by atoms with Crippen LogP contribution in [0.1, 0.15) is 0 Å². The van der Waals surface area contributed by atoms with Gasteiger partial charge in [-0.2, -0.15) is 0 Å². The van der Waals surface area contributed by atoms with E-state index in [2.05, 4.69) is 10.3 Å². The predicted octanol–water partition coefficient (Wildman–Crippen LogP) is 4.47. The Kier molecular flexibility index (Phi) is 3.42. The number of hydrogen-bond donors (Lipinski definition) is 1. The number of methoxy groups -OCH3 is 1. The molecular formula is C14H9F3N2OS. The third-order valence-corrected chi connectivity index (χ3v) is 3.76. The van der Waals surface area contributed by atoms with E-state index in [0.717, 1.165) is 22.3 Å². The van der Waals surface area contributed by atoms with Crippen LogP contribution in [-0.2, 0) is 0 Å². The zero-order chi connectivity index (χ0) is 15.0. The molecule has 3 nitrogen and oxygen atoms in total. The topological polar surface area (TPSA) is 34.1 Å². The molecule has 1 N–H and O–H groups in total. The van der Waals surface area contributed by atoms with Gasteiger partial charge in [-0.1, -0.05) is 11.3 Å². The van der Waals surface area contributed by atoms with Crippen molar-refractivity contribution >= 4 is 32.4 Å². The van der Waals surface area contributed by atoms with E-state index in [4.69, 9.17) is 4.74 Å². The number of thiazole rings is 1. The summed E-state index contributed by atoms with van der Waals surface area (Å²) < 4.78 is 45.2. The highest BCUT2D eigenvalue weighted by atomic mass is 32.1. The van der Waals surface area contributed by atoms with E-state index < -0.39 is 17.5 Å². The van der Waals surface area contributed by atoms with Crippen molar-refractivity contribution in [2.45, 2.75) is 0 Å². The van der Waals surface area contributed by atoms with Crippen molar-refractivity contribution in [2.75, 3.05) is 12.4 Å². The molecule has 0 atom stereocenters. The van der Waals surface area contributed by atoms with Gasteiger partial charge in [-0.15, -0.1) is 0 Å². The molecule has 0 aliphatic heterocycles. The molecule has 1 aromatic heterocycles. The van der Waals surface area contributed by atoms with E-state index in [1.54, 1.807) is 19.2 Å². The number of fused-ring (bicyclic) bond motifs is 1. The molecular weight excluding hydrogens is 301 g/mol. The Morgan fingerprint density at radius 2 is 1.81 bits per heavy atom. The zero-order valence-electron chi connectivity index (χ0n) is 10.8. The molecule has 21 heavy (non-hydrogen) atoms. The van der Waals surface area contributed by atoms with Crippen molar-refractivity contribution in [2.24, 2.45) is 0 Å². The molecule has 0 fully saturated rings. The number of nitrogens with one attached hydrogen (secondary N) is 1. The summed E-state index contributed by atoms with van der Waals surface area (Å²) in [7, 11) is 1.56. The molecule has 0 aliphatic carbocycles. The molecule has 0 saturated carbocycles. The van der Waals surface area contributed by atoms with Crippen molar-refractivity contribution < 1.29 is 17.9 Å². The van der Waals surface area contributed by atoms with Crippen molar-refractivity contribution in [1.82, 2.24) is 4.98 Å². The highest BCUT2D eigenvalue weighted by Crippen LogP contribution is 2.31. The maximum Gasteiger partial charge on any atom is 0.194 e. The number of ether oxygens (including phenoxy) is 1. The molecule has 0 radical (unpaired) electrons. The van der Waals surface area contributed by atoms with Gasteiger partial charge in [0.05, 0.1) is 17.3 Å². The molecule has 0 aliphatic rings. The number of benzene rings is 2. The van der Waals surface area contributed by atoms with E-state index >= 15 is 0 Å². The summed E-state index contributed by atoms with van der Waals surface area (Å²) in [5, 5.41) is 3.21. The van der Waals surface area contributed by atoms with Crippen LogP contribution in [0.25, 0.3) is 10.2 Å². The van der Waals surface area contributed by atoms with E-state index in [1.165, 1.54) is 11.3 Å². The lowest BCUT2D eigenvalue weighted by Crippen LogP contribution is -1.95. The number of aromatic nitrogens is 1. The van der Waals surface area contributed by atoms with E-state index in [1.807, 2.05) is 6.07 Å². The number of hydrogen-bond acceptors (Lipinski definition) is 4.